The summed E-state index contributed by atoms with van der Waals surface area (Å²) in [5, 5.41) is 0.681. The second-order valence-electron chi connectivity index (χ2n) is 3.22. The van der Waals surface area contributed by atoms with Crippen molar-refractivity contribution < 1.29 is 9.53 Å². The van der Waals surface area contributed by atoms with Crippen LogP contribution in [0.3, 0.4) is 0 Å². The van der Waals surface area contributed by atoms with Crippen molar-refractivity contribution in [2.75, 3.05) is 6.61 Å². The Labute approximate surface area is 93.1 Å². The molecule has 1 atom stereocenters. The smallest absolute Gasteiger partial charge is 0.404 e. The first kappa shape index (κ1) is 11.8. The molecule has 5 heteroatoms. The molecule has 0 saturated carbocycles. The number of amides is 1. The zero-order chi connectivity index (χ0) is 11.3. The molecule has 0 saturated heterocycles. The Kier molecular flexibility index (Phi) is 4.39. The van der Waals surface area contributed by atoms with Crippen molar-refractivity contribution in [3.05, 3.63) is 34.9 Å². The van der Waals surface area contributed by atoms with Crippen LogP contribution in [0.2, 0.25) is 5.02 Å². The van der Waals surface area contributed by atoms with Gasteiger partial charge >= 0.3 is 6.09 Å². The SMILES string of the molecule is NC(=O)OCC(N)Cc1ccc(Cl)cc1. The molecule has 4 nitrogen and oxygen atoms in total. The Bertz CT molecular complexity index is 327. The molecule has 0 aliphatic heterocycles. The summed E-state index contributed by atoms with van der Waals surface area (Å²) in [7, 11) is 0. The van der Waals surface area contributed by atoms with Gasteiger partial charge in [0.05, 0.1) is 0 Å². The van der Waals surface area contributed by atoms with Gasteiger partial charge in [-0.05, 0) is 24.1 Å². The molecule has 4 N–H and O–H groups in total. The van der Waals surface area contributed by atoms with E-state index >= 15 is 0 Å². The molecule has 0 heterocycles. The van der Waals surface area contributed by atoms with E-state index in [1.54, 1.807) is 12.1 Å². The molecule has 1 aromatic rings. The minimum absolute atomic E-state index is 0.123. The molecule has 0 radical (unpaired) electrons. The first-order valence-corrected chi connectivity index (χ1v) is 4.88. The van der Waals surface area contributed by atoms with E-state index in [4.69, 9.17) is 23.1 Å². The van der Waals surface area contributed by atoms with Gasteiger partial charge in [0.15, 0.2) is 0 Å². The highest BCUT2D eigenvalue weighted by atomic mass is 35.5. The summed E-state index contributed by atoms with van der Waals surface area (Å²) in [5.41, 5.74) is 11.6. The molecule has 1 amide bonds. The monoisotopic (exact) mass is 228 g/mol. The number of hydrogen-bond acceptors (Lipinski definition) is 3. The summed E-state index contributed by atoms with van der Waals surface area (Å²) in [4.78, 5) is 10.3. The Balaban J connectivity index is 2.40. The van der Waals surface area contributed by atoms with Gasteiger partial charge in [-0.2, -0.15) is 0 Å². The number of carbonyl (C=O) groups excluding carboxylic acids is 1. The first-order chi connectivity index (χ1) is 7.08. The van der Waals surface area contributed by atoms with Gasteiger partial charge in [0.2, 0.25) is 0 Å². The number of rotatable bonds is 4. The van der Waals surface area contributed by atoms with Crippen LogP contribution in [0.15, 0.2) is 24.3 Å². The summed E-state index contributed by atoms with van der Waals surface area (Å²) < 4.78 is 4.59. The molecule has 0 aliphatic rings. The molecule has 1 unspecified atom stereocenters. The van der Waals surface area contributed by atoms with Crippen molar-refractivity contribution in [1.82, 2.24) is 0 Å². The predicted octanol–water partition coefficient (Wildman–Crippen LogP) is 1.31. The van der Waals surface area contributed by atoms with Crippen LogP contribution >= 0.6 is 11.6 Å². The van der Waals surface area contributed by atoms with Crippen molar-refractivity contribution in [2.45, 2.75) is 12.5 Å². The third-order valence-electron chi connectivity index (χ3n) is 1.85. The van der Waals surface area contributed by atoms with Crippen LogP contribution in [0.4, 0.5) is 4.79 Å². The van der Waals surface area contributed by atoms with Crippen LogP contribution in [0.25, 0.3) is 0 Å². The lowest BCUT2D eigenvalue weighted by Gasteiger charge is -2.10. The molecular formula is C10H13ClN2O2. The van der Waals surface area contributed by atoms with E-state index in [0.717, 1.165) is 5.56 Å². The largest absolute Gasteiger partial charge is 0.448 e. The normalized spacial score (nSPS) is 12.1. The van der Waals surface area contributed by atoms with Crippen LogP contribution in [-0.4, -0.2) is 18.7 Å². The highest BCUT2D eigenvalue weighted by Gasteiger charge is 2.06. The Morgan fingerprint density at radius 1 is 1.40 bits per heavy atom. The maximum atomic E-state index is 10.3. The van der Waals surface area contributed by atoms with Crippen LogP contribution in [0.5, 0.6) is 0 Å². The molecule has 1 rings (SSSR count). The van der Waals surface area contributed by atoms with Crippen molar-refractivity contribution in [2.24, 2.45) is 11.5 Å². The van der Waals surface area contributed by atoms with Gasteiger partial charge < -0.3 is 16.2 Å². The minimum Gasteiger partial charge on any atom is -0.448 e. The van der Waals surface area contributed by atoms with Gasteiger partial charge in [0, 0.05) is 11.1 Å². The summed E-state index contributed by atoms with van der Waals surface area (Å²) in [6.45, 7) is 0.123. The third-order valence-corrected chi connectivity index (χ3v) is 2.10. The number of hydrogen-bond donors (Lipinski definition) is 2. The fourth-order valence-electron chi connectivity index (χ4n) is 1.17. The standard InChI is InChI=1S/C10H13ClN2O2/c11-8-3-1-7(2-4-8)5-9(12)6-15-10(13)14/h1-4,9H,5-6,12H2,(H2,13,14). The summed E-state index contributed by atoms with van der Waals surface area (Å²) in [5.74, 6) is 0. The molecule has 0 bridgehead atoms. The number of nitrogens with two attached hydrogens (primary N) is 2. The highest BCUT2D eigenvalue weighted by molar-refractivity contribution is 6.30. The maximum absolute atomic E-state index is 10.3. The Morgan fingerprint density at radius 3 is 2.53 bits per heavy atom. The quantitative estimate of drug-likeness (QED) is 0.816. The van der Waals surface area contributed by atoms with E-state index in [1.807, 2.05) is 12.1 Å². The van der Waals surface area contributed by atoms with Crippen LogP contribution in [0.1, 0.15) is 5.56 Å². The number of carbonyl (C=O) groups is 1. The average Bonchev–Trinajstić information content (AvgIpc) is 2.19. The predicted molar refractivity (Wildman–Crippen MR) is 58.7 cm³/mol. The van der Waals surface area contributed by atoms with Crippen molar-refractivity contribution >= 4 is 17.7 Å². The van der Waals surface area contributed by atoms with Crippen molar-refractivity contribution in [3.8, 4) is 0 Å². The number of halogens is 1. The molecule has 15 heavy (non-hydrogen) atoms. The molecule has 0 spiro atoms. The van der Waals surface area contributed by atoms with Gasteiger partial charge in [0.1, 0.15) is 6.61 Å². The second kappa shape index (κ2) is 5.58. The Morgan fingerprint density at radius 2 is 2.00 bits per heavy atom. The van der Waals surface area contributed by atoms with Crippen LogP contribution in [-0.2, 0) is 11.2 Å². The Hall–Kier alpha value is -1.26. The van der Waals surface area contributed by atoms with Crippen LogP contribution in [0, 0.1) is 0 Å². The lowest BCUT2D eigenvalue weighted by molar-refractivity contribution is 0.149. The molecule has 0 aliphatic carbocycles. The van der Waals surface area contributed by atoms with E-state index in [-0.39, 0.29) is 12.6 Å². The van der Waals surface area contributed by atoms with Crippen molar-refractivity contribution in [3.63, 3.8) is 0 Å². The topological polar surface area (TPSA) is 78.3 Å². The molecule has 1 aromatic carbocycles. The molecule has 82 valence electrons. The first-order valence-electron chi connectivity index (χ1n) is 4.50. The van der Waals surface area contributed by atoms with Gasteiger partial charge in [-0.15, -0.1) is 0 Å². The number of benzene rings is 1. The van der Waals surface area contributed by atoms with Gasteiger partial charge in [-0.25, -0.2) is 4.79 Å². The van der Waals surface area contributed by atoms with E-state index in [2.05, 4.69) is 4.74 Å². The minimum atomic E-state index is -0.804. The summed E-state index contributed by atoms with van der Waals surface area (Å²) in [6.07, 6.45) is -0.189. The third kappa shape index (κ3) is 4.67. The van der Waals surface area contributed by atoms with E-state index in [1.165, 1.54) is 0 Å². The van der Waals surface area contributed by atoms with Gasteiger partial charge in [0.25, 0.3) is 0 Å². The fraction of sp³-hybridized carbons (Fsp3) is 0.300. The maximum Gasteiger partial charge on any atom is 0.404 e. The summed E-state index contributed by atoms with van der Waals surface area (Å²) >= 11 is 5.73. The van der Waals surface area contributed by atoms with Crippen LogP contribution < -0.4 is 11.5 Å². The molecular weight excluding hydrogens is 216 g/mol. The number of primary amides is 1. The summed E-state index contributed by atoms with van der Waals surface area (Å²) in [6, 6.07) is 7.09. The van der Waals surface area contributed by atoms with Gasteiger partial charge in [-0.3, -0.25) is 0 Å². The van der Waals surface area contributed by atoms with Gasteiger partial charge in [-0.1, -0.05) is 23.7 Å². The highest BCUT2D eigenvalue weighted by Crippen LogP contribution is 2.10. The molecule has 0 fully saturated rings. The lowest BCUT2D eigenvalue weighted by Crippen LogP contribution is -2.31. The van der Waals surface area contributed by atoms with E-state index in [9.17, 15) is 4.79 Å². The number of ether oxygens (including phenoxy) is 1. The lowest BCUT2D eigenvalue weighted by atomic mass is 10.1. The van der Waals surface area contributed by atoms with Crippen molar-refractivity contribution in [1.29, 1.82) is 0 Å². The fourth-order valence-corrected chi connectivity index (χ4v) is 1.30. The van der Waals surface area contributed by atoms with E-state index in [0.29, 0.717) is 11.4 Å². The average molecular weight is 229 g/mol. The zero-order valence-corrected chi connectivity index (χ0v) is 8.91. The van der Waals surface area contributed by atoms with E-state index < -0.39 is 6.09 Å². The molecule has 0 aromatic heterocycles. The second-order valence-corrected chi connectivity index (χ2v) is 3.66. The zero-order valence-electron chi connectivity index (χ0n) is 8.15.